The lowest BCUT2D eigenvalue weighted by Crippen LogP contribution is -2.24. The summed E-state index contributed by atoms with van der Waals surface area (Å²) in [5.41, 5.74) is 2.04. The van der Waals surface area contributed by atoms with Gasteiger partial charge >= 0.3 is 5.97 Å². The molecule has 0 spiro atoms. The van der Waals surface area contributed by atoms with Crippen LogP contribution >= 0.6 is 0 Å². The highest BCUT2D eigenvalue weighted by molar-refractivity contribution is 5.94. The van der Waals surface area contributed by atoms with Crippen molar-refractivity contribution >= 4 is 16.9 Å². The predicted molar refractivity (Wildman–Crippen MR) is 77.2 cm³/mol. The first-order valence-corrected chi connectivity index (χ1v) is 6.97. The Hall–Kier alpha value is -2.10. The summed E-state index contributed by atoms with van der Waals surface area (Å²) in [6.45, 7) is 4.11. The van der Waals surface area contributed by atoms with Gasteiger partial charge in [-0.05, 0) is 38.3 Å². The number of benzene rings is 1. The largest absolute Gasteiger partial charge is 0.462 e. The minimum atomic E-state index is -0.536. The Morgan fingerprint density at radius 2 is 2.25 bits per heavy atom. The molecule has 1 aromatic heterocycles. The van der Waals surface area contributed by atoms with Gasteiger partial charge in [0.15, 0.2) is 0 Å². The summed E-state index contributed by atoms with van der Waals surface area (Å²) >= 11 is 0. The molecule has 4 nitrogen and oxygen atoms in total. The number of hydrogen-bond donors (Lipinski definition) is 0. The van der Waals surface area contributed by atoms with Gasteiger partial charge in [-0.3, -0.25) is 4.79 Å². The highest BCUT2D eigenvalue weighted by atomic mass is 16.5. The summed E-state index contributed by atoms with van der Waals surface area (Å²) in [7, 11) is 0. The molecular formula is C16H17NO3. The van der Waals surface area contributed by atoms with Gasteiger partial charge in [-0.15, -0.1) is 0 Å². The molecule has 1 unspecified atom stereocenters. The molecule has 3 rings (SSSR count). The van der Waals surface area contributed by atoms with Crippen LogP contribution < -0.4 is 5.43 Å². The van der Waals surface area contributed by atoms with Crippen molar-refractivity contribution in [3.8, 4) is 0 Å². The monoisotopic (exact) mass is 271 g/mol. The molecule has 2 aromatic rings. The van der Waals surface area contributed by atoms with Crippen LogP contribution in [0.5, 0.6) is 0 Å². The third-order valence-corrected chi connectivity index (χ3v) is 3.94. The zero-order chi connectivity index (χ0) is 14.3. The quantitative estimate of drug-likeness (QED) is 0.789. The molecule has 104 valence electrons. The van der Waals surface area contributed by atoms with E-state index >= 15 is 0 Å². The summed E-state index contributed by atoms with van der Waals surface area (Å²) in [5.74, 6) is -0.536. The number of esters is 1. The first-order chi connectivity index (χ1) is 9.63. The number of rotatable bonds is 2. The molecule has 0 saturated heterocycles. The molecule has 0 N–H and O–H groups in total. The topological polar surface area (TPSA) is 48.3 Å². The van der Waals surface area contributed by atoms with Crippen molar-refractivity contribution in [3.05, 3.63) is 45.7 Å². The minimum absolute atomic E-state index is 0.130. The van der Waals surface area contributed by atoms with Crippen molar-refractivity contribution in [2.75, 3.05) is 6.61 Å². The van der Waals surface area contributed by atoms with E-state index in [1.807, 2.05) is 16.7 Å². The smallest absolute Gasteiger partial charge is 0.343 e. The molecule has 0 bridgehead atoms. The third kappa shape index (κ3) is 1.83. The molecule has 0 saturated carbocycles. The van der Waals surface area contributed by atoms with E-state index in [1.54, 1.807) is 19.2 Å². The molecular weight excluding hydrogens is 254 g/mol. The number of para-hydroxylation sites is 1. The standard InChI is InChI=1S/C16H17NO3/c1-3-20-16(19)13-9-17-10(2)7-8-11-5-4-6-12(14(11)17)15(13)18/h4-6,9-10H,3,7-8H2,1-2H3. The SMILES string of the molecule is CCOC(=O)c1cn2c3c(cccc3c1=O)CCC2C. The second-order valence-corrected chi connectivity index (χ2v) is 5.20. The normalized spacial score (nSPS) is 17.2. The lowest BCUT2D eigenvalue weighted by atomic mass is 9.96. The Kier molecular flexibility index (Phi) is 3.08. The van der Waals surface area contributed by atoms with Crippen LogP contribution in [0.15, 0.2) is 29.2 Å². The van der Waals surface area contributed by atoms with E-state index in [-0.39, 0.29) is 23.6 Å². The fraction of sp³-hybridized carbons (Fsp3) is 0.375. The molecule has 1 aliphatic rings. The number of carbonyl (C=O) groups is 1. The van der Waals surface area contributed by atoms with Gasteiger partial charge in [-0.25, -0.2) is 4.79 Å². The molecule has 0 fully saturated rings. The Morgan fingerprint density at radius 1 is 1.45 bits per heavy atom. The van der Waals surface area contributed by atoms with E-state index in [9.17, 15) is 9.59 Å². The number of aryl methyl sites for hydroxylation is 1. The van der Waals surface area contributed by atoms with Gasteiger partial charge in [-0.1, -0.05) is 12.1 Å². The van der Waals surface area contributed by atoms with Crippen LogP contribution in [0.4, 0.5) is 0 Å². The molecule has 0 radical (unpaired) electrons. The van der Waals surface area contributed by atoms with Gasteiger partial charge < -0.3 is 9.30 Å². The van der Waals surface area contributed by atoms with Gasteiger partial charge in [0.1, 0.15) is 5.56 Å². The second-order valence-electron chi connectivity index (χ2n) is 5.20. The van der Waals surface area contributed by atoms with Crippen molar-refractivity contribution in [2.45, 2.75) is 32.7 Å². The second kappa shape index (κ2) is 4.78. The van der Waals surface area contributed by atoms with Crippen molar-refractivity contribution in [1.29, 1.82) is 0 Å². The van der Waals surface area contributed by atoms with E-state index in [0.717, 1.165) is 18.4 Å². The van der Waals surface area contributed by atoms with Crippen molar-refractivity contribution in [3.63, 3.8) is 0 Å². The van der Waals surface area contributed by atoms with Crippen LogP contribution in [-0.2, 0) is 11.2 Å². The maximum absolute atomic E-state index is 12.5. The van der Waals surface area contributed by atoms with Gasteiger partial charge in [0.2, 0.25) is 5.43 Å². The molecule has 20 heavy (non-hydrogen) atoms. The molecule has 0 aliphatic carbocycles. The lowest BCUT2D eigenvalue weighted by Gasteiger charge is -2.26. The zero-order valence-corrected chi connectivity index (χ0v) is 11.7. The Balaban J connectivity index is 2.34. The molecule has 1 aromatic carbocycles. The number of aromatic nitrogens is 1. The zero-order valence-electron chi connectivity index (χ0n) is 11.7. The maximum atomic E-state index is 12.5. The van der Waals surface area contributed by atoms with Crippen molar-refractivity contribution < 1.29 is 9.53 Å². The van der Waals surface area contributed by atoms with Gasteiger partial charge in [0.05, 0.1) is 12.1 Å². The average Bonchev–Trinajstić information content (AvgIpc) is 2.45. The van der Waals surface area contributed by atoms with E-state index in [1.165, 1.54) is 5.56 Å². The first-order valence-electron chi connectivity index (χ1n) is 6.97. The summed E-state index contributed by atoms with van der Waals surface area (Å²) in [5, 5.41) is 0.611. The number of nitrogens with zero attached hydrogens (tertiary/aromatic N) is 1. The highest BCUT2D eigenvalue weighted by Crippen LogP contribution is 2.29. The van der Waals surface area contributed by atoms with Crippen molar-refractivity contribution in [2.24, 2.45) is 0 Å². The molecule has 4 heteroatoms. The van der Waals surface area contributed by atoms with E-state index in [4.69, 9.17) is 4.74 Å². The number of ether oxygens (including phenoxy) is 1. The highest BCUT2D eigenvalue weighted by Gasteiger charge is 2.22. The Bertz CT molecular complexity index is 745. The Morgan fingerprint density at radius 3 is 3.00 bits per heavy atom. The van der Waals surface area contributed by atoms with E-state index in [2.05, 4.69) is 6.92 Å². The minimum Gasteiger partial charge on any atom is -0.462 e. The van der Waals surface area contributed by atoms with Crippen LogP contribution in [0.3, 0.4) is 0 Å². The summed E-state index contributed by atoms with van der Waals surface area (Å²) in [4.78, 5) is 24.4. The number of pyridine rings is 1. The lowest BCUT2D eigenvalue weighted by molar-refractivity contribution is 0.0524. The summed E-state index contributed by atoms with van der Waals surface area (Å²) in [6.07, 6.45) is 3.64. The Labute approximate surface area is 117 Å². The van der Waals surface area contributed by atoms with Crippen molar-refractivity contribution in [1.82, 2.24) is 4.57 Å². The van der Waals surface area contributed by atoms with E-state index in [0.29, 0.717) is 5.39 Å². The van der Waals surface area contributed by atoms with Crippen LogP contribution in [0, 0.1) is 0 Å². The van der Waals surface area contributed by atoms with Gasteiger partial charge in [0.25, 0.3) is 0 Å². The fourth-order valence-electron chi connectivity index (χ4n) is 2.89. The van der Waals surface area contributed by atoms with E-state index < -0.39 is 5.97 Å². The third-order valence-electron chi connectivity index (χ3n) is 3.94. The van der Waals surface area contributed by atoms with Crippen LogP contribution in [0.2, 0.25) is 0 Å². The molecule has 1 atom stereocenters. The van der Waals surface area contributed by atoms with Crippen LogP contribution in [-0.4, -0.2) is 17.1 Å². The van der Waals surface area contributed by atoms with Gasteiger partial charge in [-0.2, -0.15) is 0 Å². The number of carbonyl (C=O) groups excluding carboxylic acids is 1. The van der Waals surface area contributed by atoms with Crippen LogP contribution in [0.25, 0.3) is 10.9 Å². The number of hydrogen-bond acceptors (Lipinski definition) is 3. The fourth-order valence-corrected chi connectivity index (χ4v) is 2.89. The first kappa shape index (κ1) is 12.9. The maximum Gasteiger partial charge on any atom is 0.343 e. The van der Waals surface area contributed by atoms with Crippen LogP contribution in [0.1, 0.15) is 42.2 Å². The predicted octanol–water partition coefficient (Wildman–Crippen LogP) is 2.69. The molecule has 0 amide bonds. The summed E-state index contributed by atoms with van der Waals surface area (Å²) < 4.78 is 7.03. The molecule has 2 heterocycles. The molecule has 1 aliphatic heterocycles. The van der Waals surface area contributed by atoms with Gasteiger partial charge in [0, 0.05) is 17.6 Å². The average molecular weight is 271 g/mol. The summed E-state index contributed by atoms with van der Waals surface area (Å²) in [6, 6.07) is 6.00.